The topological polar surface area (TPSA) is 62.5 Å². The lowest BCUT2D eigenvalue weighted by Gasteiger charge is -2.19. The molecule has 2 heterocycles. The van der Waals surface area contributed by atoms with Crippen molar-refractivity contribution in [3.63, 3.8) is 0 Å². The molecule has 0 N–H and O–H groups in total. The van der Waals surface area contributed by atoms with Crippen LogP contribution in [0, 0.1) is 13.8 Å². The first-order chi connectivity index (χ1) is 13.4. The highest BCUT2D eigenvalue weighted by atomic mass is 16.5. The Balaban J connectivity index is 1.55. The van der Waals surface area contributed by atoms with E-state index >= 15 is 0 Å². The van der Waals surface area contributed by atoms with Gasteiger partial charge in [-0.05, 0) is 55.3 Å². The molecule has 1 aliphatic rings. The SMILES string of the molecule is Cc1ccc(C)c(N2CC(c3noc(-c4ccc(N(C)C)cc4)n3)CC2=O)c1. The Bertz CT molecular complexity index is 1010. The summed E-state index contributed by atoms with van der Waals surface area (Å²) in [4.78, 5) is 21.1. The van der Waals surface area contributed by atoms with Crippen LogP contribution < -0.4 is 9.80 Å². The Hall–Kier alpha value is -3.15. The Morgan fingerprint density at radius 1 is 1.11 bits per heavy atom. The van der Waals surface area contributed by atoms with Gasteiger partial charge in [-0.15, -0.1) is 0 Å². The lowest BCUT2D eigenvalue weighted by Crippen LogP contribution is -2.25. The summed E-state index contributed by atoms with van der Waals surface area (Å²) in [5, 5.41) is 4.16. The van der Waals surface area contributed by atoms with Crippen LogP contribution >= 0.6 is 0 Å². The van der Waals surface area contributed by atoms with Crippen LogP contribution in [0.25, 0.3) is 11.5 Å². The Labute approximate surface area is 164 Å². The monoisotopic (exact) mass is 376 g/mol. The fourth-order valence-electron chi connectivity index (χ4n) is 3.54. The van der Waals surface area contributed by atoms with Gasteiger partial charge in [0.25, 0.3) is 5.89 Å². The van der Waals surface area contributed by atoms with Crippen molar-refractivity contribution in [2.24, 2.45) is 0 Å². The second-order valence-electron chi connectivity index (χ2n) is 7.59. The van der Waals surface area contributed by atoms with Crippen molar-refractivity contribution < 1.29 is 9.32 Å². The van der Waals surface area contributed by atoms with Gasteiger partial charge in [0.15, 0.2) is 5.82 Å². The van der Waals surface area contributed by atoms with E-state index in [1.807, 2.05) is 62.0 Å². The highest BCUT2D eigenvalue weighted by Crippen LogP contribution is 2.33. The van der Waals surface area contributed by atoms with E-state index in [0.29, 0.717) is 24.7 Å². The molecular formula is C22H24N4O2. The second kappa shape index (κ2) is 7.11. The standard InChI is InChI=1S/C22H24N4O2/c1-14-5-6-15(2)19(11-14)26-13-17(12-20(26)27)21-23-22(28-24-21)16-7-9-18(10-8-16)25(3)4/h5-11,17H,12-13H2,1-4H3. The number of hydrogen-bond acceptors (Lipinski definition) is 5. The number of anilines is 2. The summed E-state index contributed by atoms with van der Waals surface area (Å²) in [5.41, 5.74) is 5.18. The third-order valence-corrected chi connectivity index (χ3v) is 5.22. The van der Waals surface area contributed by atoms with Crippen LogP contribution in [0.3, 0.4) is 0 Å². The zero-order valence-electron chi connectivity index (χ0n) is 16.6. The fourth-order valence-corrected chi connectivity index (χ4v) is 3.54. The maximum atomic E-state index is 12.6. The number of carbonyl (C=O) groups is 1. The highest BCUT2D eigenvalue weighted by Gasteiger charge is 2.35. The predicted molar refractivity (Wildman–Crippen MR) is 110 cm³/mol. The summed E-state index contributed by atoms with van der Waals surface area (Å²) in [6, 6.07) is 14.1. The fraction of sp³-hybridized carbons (Fsp3) is 0.318. The quantitative estimate of drug-likeness (QED) is 0.690. The first-order valence-electron chi connectivity index (χ1n) is 9.41. The van der Waals surface area contributed by atoms with E-state index in [-0.39, 0.29) is 11.8 Å². The molecule has 28 heavy (non-hydrogen) atoms. The van der Waals surface area contributed by atoms with Gasteiger partial charge in [-0.3, -0.25) is 4.79 Å². The van der Waals surface area contributed by atoms with Crippen molar-refractivity contribution in [2.45, 2.75) is 26.2 Å². The number of amides is 1. The molecule has 0 saturated carbocycles. The smallest absolute Gasteiger partial charge is 0.257 e. The van der Waals surface area contributed by atoms with Crippen LogP contribution in [0.5, 0.6) is 0 Å². The van der Waals surface area contributed by atoms with Crippen molar-refractivity contribution in [1.29, 1.82) is 0 Å². The molecule has 144 valence electrons. The van der Waals surface area contributed by atoms with E-state index in [2.05, 4.69) is 28.3 Å². The average Bonchev–Trinajstić information content (AvgIpc) is 3.31. The Morgan fingerprint density at radius 3 is 2.57 bits per heavy atom. The number of carbonyl (C=O) groups excluding carboxylic acids is 1. The minimum absolute atomic E-state index is 0.0639. The molecule has 0 radical (unpaired) electrons. The van der Waals surface area contributed by atoms with Gasteiger partial charge in [0, 0.05) is 49.9 Å². The molecule has 1 saturated heterocycles. The largest absolute Gasteiger partial charge is 0.378 e. The third-order valence-electron chi connectivity index (χ3n) is 5.22. The molecule has 1 amide bonds. The summed E-state index contributed by atoms with van der Waals surface area (Å²) < 4.78 is 5.48. The summed E-state index contributed by atoms with van der Waals surface area (Å²) in [6.07, 6.45) is 0.395. The molecular weight excluding hydrogens is 352 g/mol. The number of nitrogens with zero attached hydrogens (tertiary/aromatic N) is 4. The van der Waals surface area contributed by atoms with Crippen LogP contribution in [0.4, 0.5) is 11.4 Å². The normalized spacial score (nSPS) is 16.6. The Kier molecular flexibility index (Phi) is 4.63. The summed E-state index contributed by atoms with van der Waals surface area (Å²) in [7, 11) is 4.00. The molecule has 3 aromatic rings. The van der Waals surface area contributed by atoms with Crippen LogP contribution in [0.15, 0.2) is 47.0 Å². The first-order valence-corrected chi connectivity index (χ1v) is 9.41. The van der Waals surface area contributed by atoms with Gasteiger partial charge in [0.2, 0.25) is 5.91 Å². The maximum absolute atomic E-state index is 12.6. The minimum atomic E-state index is -0.0639. The average molecular weight is 376 g/mol. The summed E-state index contributed by atoms with van der Waals surface area (Å²) in [5.74, 6) is 1.11. The first kappa shape index (κ1) is 18.2. The lowest BCUT2D eigenvalue weighted by molar-refractivity contribution is -0.117. The number of aromatic nitrogens is 2. The van der Waals surface area contributed by atoms with Crippen molar-refractivity contribution in [3.8, 4) is 11.5 Å². The molecule has 1 fully saturated rings. The molecule has 1 aromatic heterocycles. The molecule has 0 aliphatic carbocycles. The highest BCUT2D eigenvalue weighted by molar-refractivity contribution is 5.97. The molecule has 1 atom stereocenters. The van der Waals surface area contributed by atoms with Gasteiger partial charge >= 0.3 is 0 Å². The number of benzene rings is 2. The van der Waals surface area contributed by atoms with E-state index in [4.69, 9.17) is 4.52 Å². The van der Waals surface area contributed by atoms with Crippen LogP contribution in [-0.4, -0.2) is 36.7 Å². The summed E-state index contributed by atoms with van der Waals surface area (Å²) >= 11 is 0. The zero-order valence-corrected chi connectivity index (χ0v) is 16.6. The van der Waals surface area contributed by atoms with Crippen molar-refractivity contribution in [3.05, 3.63) is 59.4 Å². The van der Waals surface area contributed by atoms with Gasteiger partial charge in [-0.25, -0.2) is 0 Å². The van der Waals surface area contributed by atoms with Gasteiger partial charge in [-0.2, -0.15) is 4.98 Å². The zero-order chi connectivity index (χ0) is 19.8. The molecule has 6 heteroatoms. The number of aryl methyl sites for hydroxylation is 2. The van der Waals surface area contributed by atoms with Gasteiger partial charge in [-0.1, -0.05) is 17.3 Å². The number of rotatable bonds is 4. The molecule has 0 bridgehead atoms. The Morgan fingerprint density at radius 2 is 1.86 bits per heavy atom. The summed E-state index contributed by atoms with van der Waals surface area (Å²) in [6.45, 7) is 4.63. The molecule has 1 aliphatic heterocycles. The second-order valence-corrected chi connectivity index (χ2v) is 7.59. The molecule has 1 unspecified atom stereocenters. The number of hydrogen-bond donors (Lipinski definition) is 0. The van der Waals surface area contributed by atoms with E-state index in [1.54, 1.807) is 0 Å². The van der Waals surface area contributed by atoms with E-state index in [1.165, 1.54) is 0 Å². The molecule has 4 rings (SSSR count). The van der Waals surface area contributed by atoms with Crippen LogP contribution in [0.2, 0.25) is 0 Å². The van der Waals surface area contributed by atoms with Crippen LogP contribution in [0.1, 0.15) is 29.3 Å². The van der Waals surface area contributed by atoms with Crippen molar-refractivity contribution in [2.75, 3.05) is 30.4 Å². The molecule has 6 nitrogen and oxygen atoms in total. The van der Waals surface area contributed by atoms with Gasteiger partial charge < -0.3 is 14.3 Å². The van der Waals surface area contributed by atoms with E-state index in [9.17, 15) is 4.79 Å². The van der Waals surface area contributed by atoms with Crippen molar-refractivity contribution in [1.82, 2.24) is 10.1 Å². The lowest BCUT2D eigenvalue weighted by atomic mass is 10.1. The van der Waals surface area contributed by atoms with Crippen molar-refractivity contribution >= 4 is 17.3 Å². The third kappa shape index (κ3) is 3.38. The molecule has 2 aromatic carbocycles. The van der Waals surface area contributed by atoms with Gasteiger partial charge in [0.05, 0.1) is 0 Å². The predicted octanol–water partition coefficient (Wildman–Crippen LogP) is 3.94. The van der Waals surface area contributed by atoms with Gasteiger partial charge in [0.1, 0.15) is 0 Å². The van der Waals surface area contributed by atoms with Crippen LogP contribution in [-0.2, 0) is 4.79 Å². The van der Waals surface area contributed by atoms with E-state index in [0.717, 1.165) is 28.1 Å². The van der Waals surface area contributed by atoms with E-state index < -0.39 is 0 Å². The maximum Gasteiger partial charge on any atom is 0.257 e. The minimum Gasteiger partial charge on any atom is -0.378 e. The molecule has 0 spiro atoms.